The summed E-state index contributed by atoms with van der Waals surface area (Å²) in [6.07, 6.45) is -0.466. The Hall–Kier alpha value is -3.83. The molecule has 1 amide bonds. The predicted molar refractivity (Wildman–Crippen MR) is 137 cm³/mol. The van der Waals surface area contributed by atoms with Crippen molar-refractivity contribution in [2.75, 3.05) is 20.8 Å². The molecule has 1 aliphatic rings. The number of rotatable bonds is 9. The van der Waals surface area contributed by atoms with Crippen molar-refractivity contribution in [3.63, 3.8) is 0 Å². The summed E-state index contributed by atoms with van der Waals surface area (Å²) >= 11 is 0. The number of aryl methyl sites for hydroxylation is 1. The van der Waals surface area contributed by atoms with E-state index >= 15 is 0 Å². The van der Waals surface area contributed by atoms with Crippen LogP contribution in [-0.4, -0.2) is 73.0 Å². The largest absolute Gasteiger partial charge is 0.506 e. The molecule has 0 aliphatic carbocycles. The third-order valence-electron chi connectivity index (χ3n) is 6.49. The van der Waals surface area contributed by atoms with Crippen LogP contribution in [0.25, 0.3) is 11.0 Å². The molecule has 1 saturated heterocycles. The summed E-state index contributed by atoms with van der Waals surface area (Å²) in [7, 11) is 2.71. The van der Waals surface area contributed by atoms with Crippen LogP contribution < -0.4 is 15.8 Å². The summed E-state index contributed by atoms with van der Waals surface area (Å²) in [6, 6.07) is 3.00. The minimum atomic E-state index is -1.52. The number of oxime groups is 1. The van der Waals surface area contributed by atoms with Crippen molar-refractivity contribution in [2.24, 2.45) is 5.16 Å². The average Bonchev–Trinajstić information content (AvgIpc) is 2.89. The lowest BCUT2D eigenvalue weighted by molar-refractivity contribution is -0.311. The molecule has 3 rings (SSSR count). The molecule has 1 aromatic heterocycles. The van der Waals surface area contributed by atoms with Crippen LogP contribution >= 0.6 is 0 Å². The number of carbonyl (C=O) groups excluding carboxylic acids is 1. The summed E-state index contributed by atoms with van der Waals surface area (Å²) in [6.45, 7) is 6.46. The molecule has 1 aliphatic heterocycles. The molecule has 2 aromatic rings. The van der Waals surface area contributed by atoms with E-state index in [4.69, 9.17) is 39.5 Å². The Labute approximate surface area is 224 Å². The fourth-order valence-corrected chi connectivity index (χ4v) is 4.38. The highest BCUT2D eigenvalue weighted by Crippen LogP contribution is 2.39. The molecular weight excluding hydrogens is 516 g/mol. The Balaban J connectivity index is 1.97. The van der Waals surface area contributed by atoms with Gasteiger partial charge in [-0.25, -0.2) is 9.59 Å². The Bertz CT molecular complexity index is 1330. The highest BCUT2D eigenvalue weighted by molar-refractivity contribution is 6.04. The van der Waals surface area contributed by atoms with E-state index in [1.165, 1.54) is 33.3 Å². The van der Waals surface area contributed by atoms with Crippen LogP contribution in [-0.2, 0) is 23.9 Å². The SMILES string of the molecule is C#CCONC(=O)OC1C(O)C(Oc2ccc3c(O)c(C(C)=NOC)c(=O)oc3c2C)O[C@@](C)(CC)C1OC. The second-order valence-electron chi connectivity index (χ2n) is 8.92. The average molecular weight is 549 g/mol. The lowest BCUT2D eigenvalue weighted by atomic mass is 9.86. The monoisotopic (exact) mass is 548 g/mol. The van der Waals surface area contributed by atoms with Crippen molar-refractivity contribution in [1.29, 1.82) is 0 Å². The van der Waals surface area contributed by atoms with Crippen molar-refractivity contribution in [1.82, 2.24) is 5.48 Å². The minimum Gasteiger partial charge on any atom is -0.506 e. The fraction of sp³-hybridized carbons (Fsp3) is 0.500. The zero-order chi connectivity index (χ0) is 28.9. The van der Waals surface area contributed by atoms with Gasteiger partial charge in [0, 0.05) is 12.7 Å². The smallest absolute Gasteiger partial charge is 0.431 e. The number of nitrogens with one attached hydrogen (secondary N) is 1. The van der Waals surface area contributed by atoms with Gasteiger partial charge in [-0.15, -0.1) is 6.42 Å². The van der Waals surface area contributed by atoms with Crippen molar-refractivity contribution in [2.45, 2.75) is 64.3 Å². The van der Waals surface area contributed by atoms with E-state index in [0.29, 0.717) is 12.0 Å². The van der Waals surface area contributed by atoms with Crippen LogP contribution in [0.5, 0.6) is 11.5 Å². The van der Waals surface area contributed by atoms with Gasteiger partial charge in [-0.3, -0.25) is 4.84 Å². The zero-order valence-corrected chi connectivity index (χ0v) is 22.5. The maximum absolute atomic E-state index is 12.7. The van der Waals surface area contributed by atoms with Crippen molar-refractivity contribution >= 4 is 22.8 Å². The molecule has 4 unspecified atom stereocenters. The molecule has 13 heteroatoms. The maximum Gasteiger partial charge on any atom is 0.431 e. The normalized spacial score (nSPS) is 25.1. The van der Waals surface area contributed by atoms with Gasteiger partial charge in [-0.05, 0) is 39.3 Å². The zero-order valence-electron chi connectivity index (χ0n) is 22.5. The number of hydrogen-bond donors (Lipinski definition) is 3. The topological polar surface area (TPSA) is 168 Å². The number of fused-ring (bicyclic) bond motifs is 1. The predicted octanol–water partition coefficient (Wildman–Crippen LogP) is 2.12. The molecule has 3 N–H and O–H groups in total. The first-order valence-electron chi connectivity index (χ1n) is 12.0. The first-order chi connectivity index (χ1) is 18.5. The molecular formula is C26H32N2O11. The van der Waals surface area contributed by atoms with Gasteiger partial charge in [-0.1, -0.05) is 18.0 Å². The lowest BCUT2D eigenvalue weighted by Crippen LogP contribution is -2.66. The quantitative estimate of drug-likeness (QED) is 0.138. The highest BCUT2D eigenvalue weighted by atomic mass is 16.7. The number of carbonyl (C=O) groups is 1. The number of benzene rings is 1. The van der Waals surface area contributed by atoms with E-state index in [1.54, 1.807) is 13.8 Å². The van der Waals surface area contributed by atoms with Crippen molar-refractivity contribution < 1.29 is 48.0 Å². The molecule has 39 heavy (non-hydrogen) atoms. The first-order valence-corrected chi connectivity index (χ1v) is 12.0. The number of terminal acetylenes is 1. The van der Waals surface area contributed by atoms with Gasteiger partial charge < -0.3 is 38.4 Å². The number of methoxy groups -OCH3 is 1. The fourth-order valence-electron chi connectivity index (χ4n) is 4.38. The second kappa shape index (κ2) is 12.4. The number of hydroxylamine groups is 1. The molecule has 0 bridgehead atoms. The molecule has 5 atom stereocenters. The van der Waals surface area contributed by atoms with Gasteiger partial charge >= 0.3 is 11.7 Å². The van der Waals surface area contributed by atoms with E-state index in [-0.39, 0.29) is 40.4 Å². The Kier molecular flexibility index (Phi) is 9.41. The molecule has 0 saturated carbocycles. The maximum atomic E-state index is 12.7. The van der Waals surface area contributed by atoms with Crippen LogP contribution in [0, 0.1) is 19.3 Å². The Morgan fingerprint density at radius 2 is 2.05 bits per heavy atom. The number of amides is 1. The standard InChI is InChI=1S/C26H32N2O11/c1-8-12-35-28-25(32)38-21-19(30)24(39-26(5,9-2)22(21)33-6)36-16-11-10-15-18(29)17(14(4)27-34-7)23(31)37-20(15)13(16)3/h1,10-11,19,21-22,24,29-30H,9,12H2,2-7H3,(H,28,32)/t19?,21?,22?,24?,26-/m0/s1. The molecule has 0 spiro atoms. The number of aromatic hydroxyl groups is 1. The third kappa shape index (κ3) is 5.94. The van der Waals surface area contributed by atoms with Crippen molar-refractivity contribution in [3.05, 3.63) is 33.7 Å². The van der Waals surface area contributed by atoms with Crippen LogP contribution in [0.15, 0.2) is 26.5 Å². The van der Waals surface area contributed by atoms with E-state index in [9.17, 15) is 19.8 Å². The summed E-state index contributed by atoms with van der Waals surface area (Å²) in [5.74, 6) is 2.03. The number of ether oxygens (including phenoxy) is 4. The summed E-state index contributed by atoms with van der Waals surface area (Å²) in [4.78, 5) is 34.4. The van der Waals surface area contributed by atoms with Gasteiger partial charge in [0.15, 0.2) is 12.2 Å². The molecule has 212 valence electrons. The van der Waals surface area contributed by atoms with Crippen LogP contribution in [0.4, 0.5) is 4.79 Å². The molecule has 0 radical (unpaired) electrons. The third-order valence-corrected chi connectivity index (χ3v) is 6.49. The van der Waals surface area contributed by atoms with Gasteiger partial charge in [0.25, 0.3) is 0 Å². The molecule has 13 nitrogen and oxygen atoms in total. The molecule has 2 heterocycles. The van der Waals surface area contributed by atoms with Crippen molar-refractivity contribution in [3.8, 4) is 23.8 Å². The van der Waals surface area contributed by atoms with E-state index in [2.05, 4.69) is 11.1 Å². The summed E-state index contributed by atoms with van der Waals surface area (Å²) in [5.41, 5.74) is 0.538. The lowest BCUT2D eigenvalue weighted by Gasteiger charge is -2.48. The summed E-state index contributed by atoms with van der Waals surface area (Å²) < 4.78 is 28.6. The van der Waals surface area contributed by atoms with Gasteiger partial charge in [0.2, 0.25) is 6.29 Å². The highest BCUT2D eigenvalue weighted by Gasteiger charge is 2.54. The number of nitrogens with zero attached hydrogens (tertiary/aromatic N) is 1. The number of aliphatic hydroxyl groups excluding tert-OH is 1. The minimum absolute atomic E-state index is 0.0557. The Morgan fingerprint density at radius 1 is 1.33 bits per heavy atom. The van der Waals surface area contributed by atoms with Crippen LogP contribution in [0.2, 0.25) is 0 Å². The van der Waals surface area contributed by atoms with Crippen LogP contribution in [0.1, 0.15) is 38.3 Å². The molecule has 1 fully saturated rings. The number of hydrogen-bond acceptors (Lipinski definition) is 12. The van der Waals surface area contributed by atoms with E-state index in [1.807, 2.05) is 12.4 Å². The van der Waals surface area contributed by atoms with Gasteiger partial charge in [0.1, 0.15) is 42.5 Å². The second-order valence-corrected chi connectivity index (χ2v) is 8.92. The Morgan fingerprint density at radius 3 is 2.67 bits per heavy atom. The van der Waals surface area contributed by atoms with Crippen LogP contribution in [0.3, 0.4) is 0 Å². The summed E-state index contributed by atoms with van der Waals surface area (Å²) in [5, 5.41) is 25.8. The van der Waals surface area contributed by atoms with E-state index < -0.39 is 41.9 Å². The number of aliphatic hydroxyl groups is 1. The van der Waals surface area contributed by atoms with Gasteiger partial charge in [-0.2, -0.15) is 5.48 Å². The van der Waals surface area contributed by atoms with E-state index in [0.717, 1.165) is 0 Å². The first kappa shape index (κ1) is 29.7. The molecule has 1 aromatic carbocycles. The van der Waals surface area contributed by atoms with Gasteiger partial charge in [0.05, 0.1) is 16.7 Å².